The summed E-state index contributed by atoms with van der Waals surface area (Å²) in [4.78, 5) is 10.6. The van der Waals surface area contributed by atoms with Crippen LogP contribution in [0.25, 0.3) is 0 Å². The number of hydrogen-bond donors (Lipinski definition) is 3. The Hall–Kier alpha value is -1.82. The highest BCUT2D eigenvalue weighted by molar-refractivity contribution is 5.63. The van der Waals surface area contributed by atoms with E-state index in [1.54, 1.807) is 6.07 Å². The van der Waals surface area contributed by atoms with E-state index in [0.717, 1.165) is 30.8 Å². The van der Waals surface area contributed by atoms with Gasteiger partial charge in [-0.2, -0.15) is 0 Å². The summed E-state index contributed by atoms with van der Waals surface area (Å²) in [5, 5.41) is 26.2. The predicted molar refractivity (Wildman–Crippen MR) is 81.3 cm³/mol. The number of anilines is 2. The van der Waals surface area contributed by atoms with Crippen LogP contribution in [0.1, 0.15) is 33.1 Å². The summed E-state index contributed by atoms with van der Waals surface area (Å²) >= 11 is 0. The van der Waals surface area contributed by atoms with Crippen molar-refractivity contribution in [3.63, 3.8) is 0 Å². The summed E-state index contributed by atoms with van der Waals surface area (Å²) in [5.74, 6) is 0. The van der Waals surface area contributed by atoms with Crippen molar-refractivity contribution in [2.24, 2.45) is 0 Å². The maximum atomic E-state index is 11.0. The maximum absolute atomic E-state index is 11.0. The minimum atomic E-state index is -0.388. The molecule has 1 aromatic rings. The molecule has 6 heteroatoms. The number of nitrogens with zero attached hydrogens (tertiary/aromatic N) is 1. The molecule has 0 radical (unpaired) electrons. The number of aliphatic hydroxyl groups is 1. The highest BCUT2D eigenvalue weighted by Gasteiger charge is 2.11. The number of aliphatic hydroxyl groups excluding tert-OH is 1. The van der Waals surface area contributed by atoms with Crippen molar-refractivity contribution >= 4 is 17.1 Å². The molecular formula is C14H23N3O3. The molecule has 0 aliphatic heterocycles. The van der Waals surface area contributed by atoms with Gasteiger partial charge in [0.05, 0.1) is 4.92 Å². The van der Waals surface area contributed by atoms with Crippen LogP contribution in [0.5, 0.6) is 0 Å². The first-order chi connectivity index (χ1) is 9.56. The van der Waals surface area contributed by atoms with Crippen LogP contribution in [0.4, 0.5) is 17.1 Å². The monoisotopic (exact) mass is 281 g/mol. The van der Waals surface area contributed by atoms with Crippen LogP contribution in [-0.4, -0.2) is 29.2 Å². The van der Waals surface area contributed by atoms with Crippen molar-refractivity contribution in [2.45, 2.75) is 39.2 Å². The first kappa shape index (κ1) is 16.2. The Balaban J connectivity index is 2.82. The summed E-state index contributed by atoms with van der Waals surface area (Å²) in [6.07, 6.45) is 2.49. The van der Waals surface area contributed by atoms with Crippen LogP contribution in [0.3, 0.4) is 0 Å². The van der Waals surface area contributed by atoms with Crippen molar-refractivity contribution in [3.8, 4) is 0 Å². The Morgan fingerprint density at radius 2 is 2.05 bits per heavy atom. The molecule has 112 valence electrons. The lowest BCUT2D eigenvalue weighted by Crippen LogP contribution is -2.15. The van der Waals surface area contributed by atoms with Gasteiger partial charge >= 0.3 is 0 Å². The van der Waals surface area contributed by atoms with E-state index in [2.05, 4.69) is 10.6 Å². The molecule has 0 heterocycles. The van der Waals surface area contributed by atoms with Gasteiger partial charge in [0, 0.05) is 42.7 Å². The molecule has 0 saturated heterocycles. The van der Waals surface area contributed by atoms with E-state index < -0.39 is 0 Å². The summed E-state index contributed by atoms with van der Waals surface area (Å²) in [6, 6.07) is 5.10. The topological polar surface area (TPSA) is 87.4 Å². The van der Waals surface area contributed by atoms with E-state index in [1.807, 2.05) is 19.9 Å². The van der Waals surface area contributed by atoms with Crippen LogP contribution in [0.15, 0.2) is 18.2 Å². The van der Waals surface area contributed by atoms with Crippen molar-refractivity contribution in [2.75, 3.05) is 23.8 Å². The van der Waals surface area contributed by atoms with Gasteiger partial charge in [-0.05, 0) is 32.3 Å². The zero-order chi connectivity index (χ0) is 15.0. The van der Waals surface area contributed by atoms with E-state index in [9.17, 15) is 10.1 Å². The summed E-state index contributed by atoms with van der Waals surface area (Å²) in [6.45, 7) is 4.97. The Morgan fingerprint density at radius 3 is 2.65 bits per heavy atom. The molecule has 1 rings (SSSR count). The molecule has 0 bridgehead atoms. The SMILES string of the molecule is CCCNc1cc(NC(C)CCCO)cc([N+](=O)[O-])c1. The zero-order valence-electron chi connectivity index (χ0n) is 12.1. The van der Waals surface area contributed by atoms with Crippen molar-refractivity contribution in [1.29, 1.82) is 0 Å². The summed E-state index contributed by atoms with van der Waals surface area (Å²) in [5.41, 5.74) is 1.55. The van der Waals surface area contributed by atoms with E-state index in [4.69, 9.17) is 5.11 Å². The molecule has 0 aromatic heterocycles. The average molecular weight is 281 g/mol. The first-order valence-electron chi connectivity index (χ1n) is 6.97. The number of non-ortho nitro benzene ring substituents is 1. The van der Waals surface area contributed by atoms with Gasteiger partial charge in [0.1, 0.15) is 0 Å². The van der Waals surface area contributed by atoms with Crippen LogP contribution in [0, 0.1) is 10.1 Å². The number of nitrogens with one attached hydrogen (secondary N) is 2. The standard InChI is InChI=1S/C14H23N3O3/c1-3-6-15-12-8-13(10-14(9-12)17(19)20)16-11(2)5-4-7-18/h8-11,15-16,18H,3-7H2,1-2H3. The zero-order valence-corrected chi connectivity index (χ0v) is 12.1. The number of nitro groups is 1. The second-order valence-electron chi connectivity index (χ2n) is 4.86. The number of rotatable bonds is 9. The van der Waals surface area contributed by atoms with Crippen molar-refractivity contribution < 1.29 is 10.0 Å². The highest BCUT2D eigenvalue weighted by Crippen LogP contribution is 2.25. The summed E-state index contributed by atoms with van der Waals surface area (Å²) < 4.78 is 0. The molecule has 20 heavy (non-hydrogen) atoms. The molecule has 1 unspecified atom stereocenters. The minimum Gasteiger partial charge on any atom is -0.396 e. The quantitative estimate of drug-likeness (QED) is 0.478. The molecule has 0 saturated carbocycles. The van der Waals surface area contributed by atoms with Crippen LogP contribution >= 0.6 is 0 Å². The van der Waals surface area contributed by atoms with Gasteiger partial charge in [-0.1, -0.05) is 6.92 Å². The smallest absolute Gasteiger partial charge is 0.273 e. The fraction of sp³-hybridized carbons (Fsp3) is 0.571. The lowest BCUT2D eigenvalue weighted by atomic mass is 10.1. The summed E-state index contributed by atoms with van der Waals surface area (Å²) in [7, 11) is 0. The molecule has 1 aromatic carbocycles. The Labute approximate surface area is 119 Å². The minimum absolute atomic E-state index is 0.0722. The van der Waals surface area contributed by atoms with Crippen molar-refractivity contribution in [1.82, 2.24) is 0 Å². The van der Waals surface area contributed by atoms with Crippen LogP contribution in [0.2, 0.25) is 0 Å². The van der Waals surface area contributed by atoms with Gasteiger partial charge in [0.25, 0.3) is 5.69 Å². The normalized spacial score (nSPS) is 11.9. The van der Waals surface area contributed by atoms with Gasteiger partial charge in [-0.25, -0.2) is 0 Å². The molecule has 0 fully saturated rings. The fourth-order valence-electron chi connectivity index (χ4n) is 1.93. The predicted octanol–water partition coefficient (Wildman–Crippen LogP) is 2.99. The van der Waals surface area contributed by atoms with E-state index in [-0.39, 0.29) is 23.3 Å². The third-order valence-corrected chi connectivity index (χ3v) is 2.92. The lowest BCUT2D eigenvalue weighted by molar-refractivity contribution is -0.384. The second kappa shape index (κ2) is 8.37. The first-order valence-corrected chi connectivity index (χ1v) is 6.97. The van der Waals surface area contributed by atoms with Crippen molar-refractivity contribution in [3.05, 3.63) is 28.3 Å². The van der Waals surface area contributed by atoms with Gasteiger partial charge in [-0.3, -0.25) is 10.1 Å². The highest BCUT2D eigenvalue weighted by atomic mass is 16.6. The number of nitro benzene ring substituents is 1. The Kier molecular flexibility index (Phi) is 6.79. The average Bonchev–Trinajstić information content (AvgIpc) is 2.42. The molecular weight excluding hydrogens is 258 g/mol. The molecule has 0 spiro atoms. The van der Waals surface area contributed by atoms with E-state index >= 15 is 0 Å². The molecule has 6 nitrogen and oxygen atoms in total. The molecule has 0 aliphatic rings. The largest absolute Gasteiger partial charge is 0.396 e. The number of benzene rings is 1. The van der Waals surface area contributed by atoms with E-state index in [0.29, 0.717) is 6.42 Å². The van der Waals surface area contributed by atoms with Gasteiger partial charge in [0.2, 0.25) is 0 Å². The van der Waals surface area contributed by atoms with Crippen LogP contribution in [-0.2, 0) is 0 Å². The Morgan fingerprint density at radius 1 is 1.35 bits per heavy atom. The third-order valence-electron chi connectivity index (χ3n) is 2.92. The Bertz CT molecular complexity index is 438. The van der Waals surface area contributed by atoms with Crippen LogP contribution < -0.4 is 10.6 Å². The van der Waals surface area contributed by atoms with E-state index in [1.165, 1.54) is 6.07 Å². The van der Waals surface area contributed by atoms with Gasteiger partial charge in [0.15, 0.2) is 0 Å². The molecule has 1 atom stereocenters. The molecule has 3 N–H and O–H groups in total. The fourth-order valence-corrected chi connectivity index (χ4v) is 1.93. The molecule has 0 aliphatic carbocycles. The van der Waals surface area contributed by atoms with Gasteiger partial charge in [-0.15, -0.1) is 0 Å². The third kappa shape index (κ3) is 5.44. The lowest BCUT2D eigenvalue weighted by Gasteiger charge is -2.16. The van der Waals surface area contributed by atoms with Gasteiger partial charge < -0.3 is 15.7 Å². The number of hydrogen-bond acceptors (Lipinski definition) is 5. The second-order valence-corrected chi connectivity index (χ2v) is 4.86. The maximum Gasteiger partial charge on any atom is 0.273 e. The molecule has 0 amide bonds.